The van der Waals surface area contributed by atoms with Crippen molar-refractivity contribution in [2.75, 3.05) is 0 Å². The zero-order valence-electron chi connectivity index (χ0n) is 7.15. The fraction of sp³-hybridized carbons (Fsp3) is 0. The van der Waals surface area contributed by atoms with Crippen molar-refractivity contribution >= 4 is 29.0 Å². The molecule has 0 fully saturated rings. The topological polar surface area (TPSA) is 0 Å². The van der Waals surface area contributed by atoms with Crippen LogP contribution in [0, 0.1) is 11.6 Å². The lowest BCUT2D eigenvalue weighted by atomic mass is 9.90. The predicted molar refractivity (Wildman–Crippen MR) is 52.2 cm³/mol. The molecule has 0 aliphatic rings. The van der Waals surface area contributed by atoms with Crippen LogP contribution >= 0.6 is 15.9 Å². The van der Waals surface area contributed by atoms with Crippen molar-refractivity contribution in [1.29, 1.82) is 0 Å². The maximum Gasteiger partial charge on any atom is 0.502 e. The summed E-state index contributed by atoms with van der Waals surface area (Å²) in [6.45, 7) is -5.11. The van der Waals surface area contributed by atoms with Crippen LogP contribution in [0.4, 0.5) is 21.7 Å². The normalized spacial score (nSPS) is 12.4. The molecule has 0 unspecified atom stereocenters. The lowest BCUT2D eigenvalue weighted by Crippen LogP contribution is -2.09. The summed E-state index contributed by atoms with van der Waals surface area (Å²) in [4.78, 5) is 0. The van der Waals surface area contributed by atoms with E-state index in [1.165, 1.54) is 0 Å². The Kier molecular flexibility index (Phi) is 3.54. The van der Waals surface area contributed by atoms with Crippen molar-refractivity contribution in [3.8, 4) is 0 Å². The Morgan fingerprint density at radius 3 is 2.27 bits per heavy atom. The largest absolute Gasteiger partial charge is 0.502 e. The minimum absolute atomic E-state index is 0.0288. The first-order valence-corrected chi connectivity index (χ1v) is 4.62. The number of hydrogen-bond donors (Lipinski definition) is 0. The molecule has 0 atom stereocenters. The number of benzene rings is 1. The van der Waals surface area contributed by atoms with Crippen LogP contribution in [-0.4, -0.2) is 6.98 Å². The van der Waals surface area contributed by atoms with Crippen LogP contribution in [0.25, 0.3) is 6.08 Å². The SMILES string of the molecule is Fc1cc(F)c(Br)c(/C=C/[B-](F)(F)F)c1. The molecule has 0 saturated carbocycles. The molecule has 0 heterocycles. The van der Waals surface area contributed by atoms with Crippen molar-refractivity contribution < 1.29 is 21.7 Å². The highest BCUT2D eigenvalue weighted by Gasteiger charge is 2.17. The summed E-state index contributed by atoms with van der Waals surface area (Å²) in [5.41, 5.74) is -0.188. The first-order valence-electron chi connectivity index (χ1n) is 3.83. The molecular weight excluding hydrogens is 282 g/mol. The van der Waals surface area contributed by atoms with Gasteiger partial charge in [0.2, 0.25) is 0 Å². The van der Waals surface area contributed by atoms with Gasteiger partial charge >= 0.3 is 6.98 Å². The molecular formula is C8H4BBrF5-. The van der Waals surface area contributed by atoms with E-state index in [1.807, 2.05) is 0 Å². The Bertz CT molecular complexity index is 399. The van der Waals surface area contributed by atoms with Gasteiger partial charge in [0.25, 0.3) is 0 Å². The van der Waals surface area contributed by atoms with E-state index in [1.54, 1.807) is 0 Å². The Morgan fingerprint density at radius 2 is 1.73 bits per heavy atom. The van der Waals surface area contributed by atoms with Crippen molar-refractivity contribution in [2.45, 2.75) is 0 Å². The summed E-state index contributed by atoms with van der Waals surface area (Å²) >= 11 is 2.73. The molecule has 1 rings (SSSR count). The molecule has 0 bridgehead atoms. The van der Waals surface area contributed by atoms with Crippen LogP contribution in [0.15, 0.2) is 22.6 Å². The monoisotopic (exact) mass is 285 g/mol. The van der Waals surface area contributed by atoms with Gasteiger partial charge in [-0.05, 0) is 27.6 Å². The minimum atomic E-state index is -5.11. The molecule has 0 amide bonds. The summed E-state index contributed by atoms with van der Waals surface area (Å²) in [6.07, 6.45) is 0.621. The van der Waals surface area contributed by atoms with Gasteiger partial charge in [0.05, 0.1) is 4.47 Å². The summed E-state index contributed by atoms with van der Waals surface area (Å²) in [7, 11) is 0. The molecule has 0 aromatic heterocycles. The van der Waals surface area contributed by atoms with Gasteiger partial charge in [-0.25, -0.2) is 8.78 Å². The van der Waals surface area contributed by atoms with Gasteiger partial charge in [0.15, 0.2) is 0 Å². The molecule has 0 saturated heterocycles. The molecule has 0 N–H and O–H groups in total. The zero-order chi connectivity index (χ0) is 11.6. The fourth-order valence-corrected chi connectivity index (χ4v) is 1.27. The highest BCUT2D eigenvalue weighted by Crippen LogP contribution is 2.24. The van der Waals surface area contributed by atoms with Crippen molar-refractivity contribution in [3.63, 3.8) is 0 Å². The zero-order valence-corrected chi connectivity index (χ0v) is 8.74. The molecule has 0 aliphatic carbocycles. The van der Waals surface area contributed by atoms with E-state index in [4.69, 9.17) is 0 Å². The van der Waals surface area contributed by atoms with Gasteiger partial charge < -0.3 is 12.9 Å². The molecule has 1 aromatic carbocycles. The molecule has 0 nitrogen and oxygen atoms in total. The van der Waals surface area contributed by atoms with Gasteiger partial charge in [-0.3, -0.25) is 0 Å². The van der Waals surface area contributed by atoms with Gasteiger partial charge in [-0.1, -0.05) is 6.08 Å². The van der Waals surface area contributed by atoms with Crippen molar-refractivity contribution in [1.82, 2.24) is 0 Å². The smallest absolute Gasteiger partial charge is 0.445 e. The van der Waals surface area contributed by atoms with Crippen LogP contribution in [0.5, 0.6) is 0 Å². The number of rotatable bonds is 2. The molecule has 0 radical (unpaired) electrons. The van der Waals surface area contributed by atoms with Gasteiger partial charge in [0.1, 0.15) is 11.6 Å². The average molecular weight is 286 g/mol. The highest BCUT2D eigenvalue weighted by molar-refractivity contribution is 9.10. The summed E-state index contributed by atoms with van der Waals surface area (Å²) in [5.74, 6) is -1.90. The van der Waals surface area contributed by atoms with Crippen molar-refractivity contribution in [2.24, 2.45) is 0 Å². The van der Waals surface area contributed by atoms with E-state index < -0.39 is 18.6 Å². The van der Waals surface area contributed by atoms with Gasteiger partial charge in [-0.15, -0.1) is 5.98 Å². The second-order valence-corrected chi connectivity index (χ2v) is 3.57. The van der Waals surface area contributed by atoms with Crippen molar-refractivity contribution in [3.05, 3.63) is 39.8 Å². The second-order valence-electron chi connectivity index (χ2n) is 2.78. The summed E-state index contributed by atoms with van der Waals surface area (Å²) in [5, 5.41) is 0. The number of halogens is 6. The first-order chi connectivity index (χ1) is 6.79. The van der Waals surface area contributed by atoms with Crippen LogP contribution in [0.1, 0.15) is 5.56 Å². The van der Waals surface area contributed by atoms with E-state index in [-0.39, 0.29) is 16.0 Å². The van der Waals surface area contributed by atoms with Gasteiger partial charge in [-0.2, -0.15) is 0 Å². The average Bonchev–Trinajstić information content (AvgIpc) is 2.07. The molecule has 7 heteroatoms. The third-order valence-electron chi connectivity index (χ3n) is 1.52. The summed E-state index contributed by atoms with van der Waals surface area (Å²) in [6, 6.07) is 1.39. The summed E-state index contributed by atoms with van der Waals surface area (Å²) < 4.78 is 60.9. The third kappa shape index (κ3) is 3.66. The predicted octanol–water partition coefficient (Wildman–Crippen LogP) is 4.13. The van der Waals surface area contributed by atoms with E-state index in [0.29, 0.717) is 12.1 Å². The Morgan fingerprint density at radius 1 is 1.13 bits per heavy atom. The maximum absolute atomic E-state index is 12.9. The standard InChI is InChI=1S/C8H4BBrF5/c10-8-5(1-2-9(13,14)15)3-6(11)4-7(8)12/h1-4H/q-1/b2-1+. The molecule has 0 spiro atoms. The maximum atomic E-state index is 12.9. The minimum Gasteiger partial charge on any atom is -0.445 e. The molecule has 1 aromatic rings. The molecule has 82 valence electrons. The Balaban J connectivity index is 3.10. The van der Waals surface area contributed by atoms with E-state index in [2.05, 4.69) is 15.9 Å². The van der Waals surface area contributed by atoms with Gasteiger partial charge in [0, 0.05) is 6.07 Å². The van der Waals surface area contributed by atoms with Crippen LogP contribution in [0.3, 0.4) is 0 Å². The fourth-order valence-electron chi connectivity index (χ4n) is 0.910. The molecule has 15 heavy (non-hydrogen) atoms. The van der Waals surface area contributed by atoms with Crippen LogP contribution in [0.2, 0.25) is 0 Å². The quantitative estimate of drug-likeness (QED) is 0.435. The van der Waals surface area contributed by atoms with Crippen LogP contribution in [-0.2, 0) is 0 Å². The van der Waals surface area contributed by atoms with E-state index >= 15 is 0 Å². The highest BCUT2D eigenvalue weighted by atomic mass is 79.9. The lowest BCUT2D eigenvalue weighted by molar-refractivity contribution is 0.499. The third-order valence-corrected chi connectivity index (χ3v) is 2.35. The second kappa shape index (κ2) is 4.34. The lowest BCUT2D eigenvalue weighted by Gasteiger charge is -2.07. The van der Waals surface area contributed by atoms with E-state index in [0.717, 1.165) is 6.07 Å². The molecule has 0 aliphatic heterocycles. The number of hydrogen-bond acceptors (Lipinski definition) is 0. The first kappa shape index (κ1) is 12.2. The van der Waals surface area contributed by atoms with E-state index in [9.17, 15) is 21.7 Å². The Hall–Kier alpha value is -0.845. The van der Waals surface area contributed by atoms with Crippen LogP contribution < -0.4 is 0 Å². The Labute approximate surface area is 91.0 Å².